The Bertz CT molecular complexity index is 573. The number of esters is 1. The van der Waals surface area contributed by atoms with Crippen LogP contribution in [0.1, 0.15) is 32.8 Å². The summed E-state index contributed by atoms with van der Waals surface area (Å²) in [6.07, 6.45) is 2.28. The molecule has 6 heteroatoms. The number of methoxy groups -OCH3 is 1. The highest BCUT2D eigenvalue weighted by molar-refractivity contribution is 9.10. The van der Waals surface area contributed by atoms with E-state index in [9.17, 15) is 9.59 Å². The lowest BCUT2D eigenvalue weighted by atomic mass is 10.1. The highest BCUT2D eigenvalue weighted by atomic mass is 79.9. The first-order chi connectivity index (χ1) is 10.7. The molecule has 0 aliphatic heterocycles. The predicted molar refractivity (Wildman–Crippen MR) is 91.9 cm³/mol. The average molecular weight is 384 g/mol. The van der Waals surface area contributed by atoms with E-state index >= 15 is 0 Å². The van der Waals surface area contributed by atoms with Crippen molar-refractivity contribution in [2.24, 2.45) is 0 Å². The van der Waals surface area contributed by atoms with Gasteiger partial charge < -0.3 is 9.47 Å². The van der Waals surface area contributed by atoms with Gasteiger partial charge in [-0.15, -0.1) is 0 Å². The van der Waals surface area contributed by atoms with Gasteiger partial charge in [-0.2, -0.15) is 0 Å². The molecule has 0 radical (unpaired) electrons. The molecule has 0 aromatic heterocycles. The van der Waals surface area contributed by atoms with Gasteiger partial charge in [0.25, 0.3) is 0 Å². The van der Waals surface area contributed by atoms with Crippen LogP contribution in [0, 0.1) is 0 Å². The number of carbonyl (C=O) groups is 2. The van der Waals surface area contributed by atoms with E-state index in [1.165, 1.54) is 7.11 Å². The molecule has 23 heavy (non-hydrogen) atoms. The molecule has 1 amide bonds. The van der Waals surface area contributed by atoms with Gasteiger partial charge in [-0.1, -0.05) is 34.1 Å². The van der Waals surface area contributed by atoms with E-state index in [4.69, 9.17) is 4.74 Å². The maximum atomic E-state index is 11.8. The van der Waals surface area contributed by atoms with Crippen molar-refractivity contribution in [2.45, 2.75) is 39.2 Å². The Balaban J connectivity index is 2.67. The second-order valence-electron chi connectivity index (χ2n) is 5.90. The third kappa shape index (κ3) is 7.83. The molecule has 1 aromatic carbocycles. The minimum Gasteiger partial charge on any atom is -0.464 e. The lowest BCUT2D eigenvalue weighted by Gasteiger charge is -2.20. The van der Waals surface area contributed by atoms with Gasteiger partial charge in [-0.25, -0.2) is 9.59 Å². The van der Waals surface area contributed by atoms with Crippen molar-refractivity contribution in [1.82, 2.24) is 5.32 Å². The maximum absolute atomic E-state index is 11.8. The van der Waals surface area contributed by atoms with Gasteiger partial charge in [0.05, 0.1) is 7.11 Å². The van der Waals surface area contributed by atoms with Crippen molar-refractivity contribution in [3.63, 3.8) is 0 Å². The summed E-state index contributed by atoms with van der Waals surface area (Å²) in [7, 11) is 1.27. The Labute approximate surface area is 145 Å². The molecule has 126 valence electrons. The highest BCUT2D eigenvalue weighted by Crippen LogP contribution is 2.13. The second kappa shape index (κ2) is 8.72. The summed E-state index contributed by atoms with van der Waals surface area (Å²) in [5.41, 5.74) is 0.577. The number of halogens is 1. The number of carbonyl (C=O) groups excluding carboxylic acids is 2. The smallest absolute Gasteiger partial charge is 0.412 e. The molecule has 1 N–H and O–H groups in total. The molecule has 0 aliphatic rings. The minimum atomic E-state index is -0.683. The van der Waals surface area contributed by atoms with Crippen molar-refractivity contribution in [3.8, 4) is 0 Å². The standard InChI is InChI=1S/C17H22BrNO4/c1-17(2,3)23-16(21)19-14(15(20)22-4)7-5-6-12-8-10-13(18)11-9-12/h7-11H,5-6H2,1-4H3,(H,19,21). The van der Waals surface area contributed by atoms with Crippen LogP contribution >= 0.6 is 15.9 Å². The zero-order chi connectivity index (χ0) is 17.5. The summed E-state index contributed by atoms with van der Waals surface area (Å²) in [6.45, 7) is 5.25. The van der Waals surface area contributed by atoms with Crippen LogP contribution in [0.5, 0.6) is 0 Å². The maximum Gasteiger partial charge on any atom is 0.412 e. The van der Waals surface area contributed by atoms with Crippen molar-refractivity contribution in [3.05, 3.63) is 46.1 Å². The molecule has 0 aliphatic carbocycles. The molecule has 0 bridgehead atoms. The summed E-state index contributed by atoms with van der Waals surface area (Å²) < 4.78 is 10.8. The fourth-order valence-corrected chi connectivity index (χ4v) is 2.01. The molecular weight excluding hydrogens is 362 g/mol. The van der Waals surface area contributed by atoms with E-state index in [1.54, 1.807) is 26.8 Å². The van der Waals surface area contributed by atoms with Crippen LogP contribution in [0.2, 0.25) is 0 Å². The number of ether oxygens (including phenoxy) is 2. The monoisotopic (exact) mass is 383 g/mol. The van der Waals surface area contributed by atoms with Crippen LogP contribution in [-0.4, -0.2) is 24.8 Å². The average Bonchev–Trinajstić information content (AvgIpc) is 2.45. The summed E-state index contributed by atoms with van der Waals surface area (Å²) in [4.78, 5) is 23.5. The van der Waals surface area contributed by atoms with Crippen LogP contribution in [0.4, 0.5) is 4.79 Å². The lowest BCUT2D eigenvalue weighted by Crippen LogP contribution is -2.34. The fraction of sp³-hybridized carbons (Fsp3) is 0.412. The molecule has 0 saturated carbocycles. The first-order valence-electron chi connectivity index (χ1n) is 7.24. The third-order valence-electron chi connectivity index (χ3n) is 2.74. The summed E-state index contributed by atoms with van der Waals surface area (Å²) >= 11 is 3.38. The predicted octanol–water partition coefficient (Wildman–Crippen LogP) is 3.96. The number of aryl methyl sites for hydroxylation is 1. The third-order valence-corrected chi connectivity index (χ3v) is 3.26. The molecule has 1 aromatic rings. The number of hydrogen-bond acceptors (Lipinski definition) is 4. The van der Waals surface area contributed by atoms with E-state index in [0.29, 0.717) is 6.42 Å². The SMILES string of the molecule is COC(=O)C(=CCCc1ccc(Br)cc1)NC(=O)OC(C)(C)C. The molecule has 0 atom stereocenters. The normalized spacial score (nSPS) is 11.8. The van der Waals surface area contributed by atoms with Crippen molar-refractivity contribution in [2.75, 3.05) is 7.11 Å². The largest absolute Gasteiger partial charge is 0.464 e. The van der Waals surface area contributed by atoms with Crippen LogP contribution in [0.3, 0.4) is 0 Å². The topological polar surface area (TPSA) is 64.6 Å². The van der Waals surface area contributed by atoms with E-state index < -0.39 is 17.7 Å². The van der Waals surface area contributed by atoms with Crippen molar-refractivity contribution >= 4 is 28.0 Å². The number of amides is 1. The van der Waals surface area contributed by atoms with Crippen LogP contribution in [-0.2, 0) is 20.7 Å². The number of nitrogens with one attached hydrogen (secondary N) is 1. The van der Waals surface area contributed by atoms with Gasteiger partial charge in [-0.3, -0.25) is 5.32 Å². The van der Waals surface area contributed by atoms with Crippen LogP contribution in [0.25, 0.3) is 0 Å². The van der Waals surface area contributed by atoms with Gasteiger partial charge in [-0.05, 0) is 51.3 Å². The Kier molecular flexibility index (Phi) is 7.29. The van der Waals surface area contributed by atoms with Crippen molar-refractivity contribution < 1.29 is 19.1 Å². The number of benzene rings is 1. The molecule has 0 saturated heterocycles. The summed E-state index contributed by atoms with van der Waals surface area (Å²) in [5, 5.41) is 2.44. The molecule has 1 rings (SSSR count). The van der Waals surface area contributed by atoms with E-state index in [1.807, 2.05) is 24.3 Å². The molecular formula is C17H22BrNO4. The highest BCUT2D eigenvalue weighted by Gasteiger charge is 2.19. The zero-order valence-electron chi connectivity index (χ0n) is 13.8. The molecule has 5 nitrogen and oxygen atoms in total. The second-order valence-corrected chi connectivity index (χ2v) is 6.82. The van der Waals surface area contributed by atoms with Crippen LogP contribution in [0.15, 0.2) is 40.5 Å². The van der Waals surface area contributed by atoms with Gasteiger partial charge in [0.2, 0.25) is 0 Å². The first kappa shape index (κ1) is 19.2. The Morgan fingerprint density at radius 3 is 2.35 bits per heavy atom. The minimum absolute atomic E-state index is 0.0823. The number of rotatable bonds is 5. The lowest BCUT2D eigenvalue weighted by molar-refractivity contribution is -0.136. The van der Waals surface area contributed by atoms with E-state index in [0.717, 1.165) is 16.5 Å². The Morgan fingerprint density at radius 1 is 1.22 bits per heavy atom. The van der Waals surface area contributed by atoms with Gasteiger partial charge >= 0.3 is 12.1 Å². The zero-order valence-corrected chi connectivity index (χ0v) is 15.4. The Hall–Kier alpha value is -1.82. The number of allylic oxidation sites excluding steroid dienone is 1. The van der Waals surface area contributed by atoms with Gasteiger partial charge in [0, 0.05) is 4.47 Å². The molecule has 0 unspecified atom stereocenters. The molecule has 0 fully saturated rings. The van der Waals surface area contributed by atoms with E-state index in [2.05, 4.69) is 26.0 Å². The summed E-state index contributed by atoms with van der Waals surface area (Å²) in [5.74, 6) is -0.605. The first-order valence-corrected chi connectivity index (χ1v) is 8.03. The number of alkyl carbamates (subject to hydrolysis) is 1. The summed E-state index contributed by atoms with van der Waals surface area (Å²) in [6, 6.07) is 7.91. The molecule has 0 heterocycles. The fourth-order valence-electron chi connectivity index (χ4n) is 1.74. The van der Waals surface area contributed by atoms with Crippen LogP contribution < -0.4 is 5.32 Å². The molecule has 0 spiro atoms. The number of hydrogen-bond donors (Lipinski definition) is 1. The van der Waals surface area contributed by atoms with Gasteiger partial charge in [0.1, 0.15) is 11.3 Å². The van der Waals surface area contributed by atoms with Gasteiger partial charge in [0.15, 0.2) is 0 Å². The van der Waals surface area contributed by atoms with Crippen molar-refractivity contribution in [1.29, 1.82) is 0 Å². The quantitative estimate of drug-likeness (QED) is 0.617. The van der Waals surface area contributed by atoms with E-state index in [-0.39, 0.29) is 5.70 Å². The Morgan fingerprint density at radius 2 is 1.83 bits per heavy atom.